The second-order valence-electron chi connectivity index (χ2n) is 4.70. The highest BCUT2D eigenvalue weighted by atomic mass is 19.1. The monoisotopic (exact) mass is 269 g/mol. The van der Waals surface area contributed by atoms with Crippen LogP contribution >= 0.6 is 0 Å². The van der Waals surface area contributed by atoms with Gasteiger partial charge >= 0.3 is 5.97 Å². The first-order valence-corrected chi connectivity index (χ1v) is 5.35. The zero-order chi connectivity index (χ0) is 14.8. The molecule has 0 atom stereocenters. The molecule has 0 bridgehead atoms. The number of nitrogens with zero attached hydrogens (tertiary/aromatic N) is 1. The van der Waals surface area contributed by atoms with Crippen LogP contribution in [0.15, 0.2) is 18.2 Å². The Kier molecular flexibility index (Phi) is 3.98. The Bertz CT molecular complexity index is 553. The number of nitro benzene ring substituents is 1. The van der Waals surface area contributed by atoms with E-state index in [2.05, 4.69) is 0 Å². The average molecular weight is 269 g/mol. The van der Waals surface area contributed by atoms with Gasteiger partial charge in [-0.1, -0.05) is 13.8 Å². The maximum absolute atomic E-state index is 13.6. The van der Waals surface area contributed by atoms with E-state index in [4.69, 9.17) is 5.11 Å². The largest absolute Gasteiger partial charge is 0.481 e. The summed E-state index contributed by atoms with van der Waals surface area (Å²) < 4.78 is 13.6. The predicted molar refractivity (Wildman–Crippen MR) is 63.4 cm³/mol. The minimum absolute atomic E-state index is 0.420. The van der Waals surface area contributed by atoms with Crippen molar-refractivity contribution in [3.05, 3.63) is 39.7 Å². The molecular weight excluding hydrogens is 257 g/mol. The average Bonchev–Trinajstić information content (AvgIpc) is 2.26. The molecule has 1 rings (SSSR count). The standard InChI is InChI=1S/C12H12FNO5/c1-12(2,6-10(15)16)11(17)8-5-7(14(18)19)3-4-9(8)13/h3-5H,6H2,1-2H3,(H,15,16). The first-order valence-electron chi connectivity index (χ1n) is 5.35. The number of aliphatic carboxylic acids is 1. The third kappa shape index (κ3) is 3.34. The molecule has 0 saturated heterocycles. The van der Waals surface area contributed by atoms with Crippen LogP contribution in [0.1, 0.15) is 30.6 Å². The first-order chi connectivity index (χ1) is 8.65. The molecule has 0 aliphatic rings. The lowest BCUT2D eigenvalue weighted by Gasteiger charge is -2.20. The third-order valence-corrected chi connectivity index (χ3v) is 2.61. The lowest BCUT2D eigenvalue weighted by molar-refractivity contribution is -0.384. The Labute approximate surface area is 108 Å². The van der Waals surface area contributed by atoms with Crippen molar-refractivity contribution >= 4 is 17.4 Å². The molecule has 0 aliphatic heterocycles. The van der Waals surface area contributed by atoms with Crippen molar-refractivity contribution in [1.29, 1.82) is 0 Å². The van der Waals surface area contributed by atoms with E-state index in [0.29, 0.717) is 0 Å². The van der Waals surface area contributed by atoms with Gasteiger partial charge in [0, 0.05) is 17.5 Å². The maximum atomic E-state index is 13.6. The van der Waals surface area contributed by atoms with Gasteiger partial charge < -0.3 is 5.11 Å². The Morgan fingerprint density at radius 1 is 1.42 bits per heavy atom. The van der Waals surface area contributed by atoms with Crippen LogP contribution in [-0.2, 0) is 4.79 Å². The molecule has 0 unspecified atom stereocenters. The molecule has 0 aliphatic carbocycles. The van der Waals surface area contributed by atoms with Crippen molar-refractivity contribution in [2.45, 2.75) is 20.3 Å². The summed E-state index contributed by atoms with van der Waals surface area (Å²) in [6, 6.07) is 2.58. The molecule has 0 aromatic heterocycles. The third-order valence-electron chi connectivity index (χ3n) is 2.61. The summed E-state index contributed by atoms with van der Waals surface area (Å²) in [5, 5.41) is 19.3. The molecule has 0 spiro atoms. The predicted octanol–water partition coefficient (Wildman–Crippen LogP) is 2.42. The molecule has 19 heavy (non-hydrogen) atoms. The van der Waals surface area contributed by atoms with Gasteiger partial charge in [-0.3, -0.25) is 19.7 Å². The minimum atomic E-state index is -1.35. The van der Waals surface area contributed by atoms with Crippen LogP contribution in [0.2, 0.25) is 0 Å². The lowest BCUT2D eigenvalue weighted by Crippen LogP contribution is -2.28. The van der Waals surface area contributed by atoms with Gasteiger partial charge in [0.25, 0.3) is 5.69 Å². The summed E-state index contributed by atoms with van der Waals surface area (Å²) in [5.74, 6) is -2.89. The Hall–Kier alpha value is -2.31. The number of non-ortho nitro benzene ring substituents is 1. The van der Waals surface area contributed by atoms with Gasteiger partial charge in [0.15, 0.2) is 5.78 Å². The smallest absolute Gasteiger partial charge is 0.304 e. The van der Waals surface area contributed by atoms with E-state index < -0.39 is 45.6 Å². The van der Waals surface area contributed by atoms with Gasteiger partial charge in [-0.2, -0.15) is 0 Å². The van der Waals surface area contributed by atoms with Crippen LogP contribution in [0, 0.1) is 21.3 Å². The zero-order valence-electron chi connectivity index (χ0n) is 10.3. The highest BCUT2D eigenvalue weighted by Crippen LogP contribution is 2.29. The summed E-state index contributed by atoms with van der Waals surface area (Å²) in [6.45, 7) is 2.70. The fourth-order valence-corrected chi connectivity index (χ4v) is 1.62. The lowest BCUT2D eigenvalue weighted by atomic mass is 9.81. The van der Waals surface area contributed by atoms with Crippen LogP contribution in [0.4, 0.5) is 10.1 Å². The number of carboxylic acids is 1. The number of halogens is 1. The van der Waals surface area contributed by atoms with E-state index in [1.165, 1.54) is 13.8 Å². The number of carbonyl (C=O) groups is 2. The van der Waals surface area contributed by atoms with E-state index >= 15 is 0 Å². The quantitative estimate of drug-likeness (QED) is 0.503. The van der Waals surface area contributed by atoms with Gasteiger partial charge in [0.2, 0.25) is 0 Å². The normalized spacial score (nSPS) is 11.1. The Balaban J connectivity index is 3.22. The molecule has 0 fully saturated rings. The second kappa shape index (κ2) is 5.13. The van der Waals surface area contributed by atoms with Crippen molar-refractivity contribution in [3.8, 4) is 0 Å². The maximum Gasteiger partial charge on any atom is 0.304 e. The molecule has 1 aromatic rings. The number of Topliss-reactive ketones (excluding diaryl/α,β-unsaturated/α-hetero) is 1. The van der Waals surface area contributed by atoms with Gasteiger partial charge in [0.1, 0.15) is 5.82 Å². The number of rotatable bonds is 5. The minimum Gasteiger partial charge on any atom is -0.481 e. The summed E-state index contributed by atoms with van der Waals surface area (Å²) in [7, 11) is 0. The molecule has 1 aromatic carbocycles. The Morgan fingerprint density at radius 2 is 2.00 bits per heavy atom. The zero-order valence-corrected chi connectivity index (χ0v) is 10.3. The van der Waals surface area contributed by atoms with E-state index in [-0.39, 0.29) is 0 Å². The molecule has 6 nitrogen and oxygen atoms in total. The molecular formula is C12H12FNO5. The topological polar surface area (TPSA) is 97.5 Å². The SMILES string of the molecule is CC(C)(CC(=O)O)C(=O)c1cc([N+](=O)[O-])ccc1F. The fraction of sp³-hybridized carbons (Fsp3) is 0.333. The van der Waals surface area contributed by atoms with Crippen molar-refractivity contribution in [3.63, 3.8) is 0 Å². The van der Waals surface area contributed by atoms with Gasteiger partial charge in [0.05, 0.1) is 16.9 Å². The van der Waals surface area contributed by atoms with Crippen molar-refractivity contribution in [1.82, 2.24) is 0 Å². The highest BCUT2D eigenvalue weighted by Gasteiger charge is 2.33. The van der Waals surface area contributed by atoms with E-state index in [9.17, 15) is 24.1 Å². The molecule has 1 N–H and O–H groups in total. The van der Waals surface area contributed by atoms with E-state index in [0.717, 1.165) is 18.2 Å². The molecule has 0 heterocycles. The van der Waals surface area contributed by atoms with Crippen molar-refractivity contribution in [2.75, 3.05) is 0 Å². The first kappa shape index (κ1) is 14.7. The number of hydrogen-bond acceptors (Lipinski definition) is 4. The molecule has 102 valence electrons. The van der Waals surface area contributed by atoms with E-state index in [1.54, 1.807) is 0 Å². The van der Waals surface area contributed by atoms with Crippen LogP contribution in [-0.4, -0.2) is 21.8 Å². The van der Waals surface area contributed by atoms with Crippen molar-refractivity contribution in [2.24, 2.45) is 5.41 Å². The van der Waals surface area contributed by atoms with Gasteiger partial charge in [-0.05, 0) is 6.07 Å². The number of hydrogen-bond donors (Lipinski definition) is 1. The van der Waals surface area contributed by atoms with Crippen LogP contribution in [0.3, 0.4) is 0 Å². The molecule has 7 heteroatoms. The number of benzene rings is 1. The number of carboxylic acid groups (broad SMARTS) is 1. The second-order valence-corrected chi connectivity index (χ2v) is 4.70. The van der Waals surface area contributed by atoms with Gasteiger partial charge in [-0.15, -0.1) is 0 Å². The number of ketones is 1. The Morgan fingerprint density at radius 3 is 2.47 bits per heavy atom. The number of carbonyl (C=O) groups excluding carboxylic acids is 1. The van der Waals surface area contributed by atoms with E-state index in [1.807, 2.05) is 0 Å². The number of nitro groups is 1. The van der Waals surface area contributed by atoms with Crippen LogP contribution in [0.5, 0.6) is 0 Å². The highest BCUT2D eigenvalue weighted by molar-refractivity contribution is 6.02. The summed E-state index contributed by atoms with van der Waals surface area (Å²) >= 11 is 0. The van der Waals surface area contributed by atoms with Gasteiger partial charge in [-0.25, -0.2) is 4.39 Å². The fourth-order valence-electron chi connectivity index (χ4n) is 1.62. The van der Waals surface area contributed by atoms with Crippen LogP contribution < -0.4 is 0 Å². The summed E-state index contributed by atoms with van der Waals surface area (Å²) in [6.07, 6.45) is -0.492. The summed E-state index contributed by atoms with van der Waals surface area (Å²) in [5.41, 5.74) is -2.24. The molecule has 0 radical (unpaired) electrons. The summed E-state index contributed by atoms with van der Waals surface area (Å²) in [4.78, 5) is 32.6. The van der Waals surface area contributed by atoms with Crippen molar-refractivity contribution < 1.29 is 24.0 Å². The molecule has 0 saturated carbocycles. The molecule has 0 amide bonds. The van der Waals surface area contributed by atoms with Crippen LogP contribution in [0.25, 0.3) is 0 Å².